The van der Waals surface area contributed by atoms with E-state index in [0.29, 0.717) is 5.69 Å². The van der Waals surface area contributed by atoms with Gasteiger partial charge in [-0.3, -0.25) is 4.79 Å². The first-order chi connectivity index (χ1) is 9.96. The van der Waals surface area contributed by atoms with E-state index in [-0.39, 0.29) is 4.88 Å². The molecule has 0 saturated heterocycles. The first-order valence-electron chi connectivity index (χ1n) is 6.09. The van der Waals surface area contributed by atoms with Crippen LogP contribution >= 0.6 is 27.3 Å². The zero-order valence-corrected chi connectivity index (χ0v) is 13.4. The highest BCUT2D eigenvalue weighted by atomic mass is 79.9. The summed E-state index contributed by atoms with van der Waals surface area (Å²) in [7, 11) is 0. The lowest BCUT2D eigenvalue weighted by atomic mass is 10.0. The molecule has 0 bridgehead atoms. The number of carbonyl (C=O) groups is 1. The quantitative estimate of drug-likeness (QED) is 0.528. The van der Waals surface area contributed by atoms with Crippen molar-refractivity contribution in [1.82, 2.24) is 5.32 Å². The van der Waals surface area contributed by atoms with Crippen LogP contribution < -0.4 is 11.1 Å². The second kappa shape index (κ2) is 6.29. The summed E-state index contributed by atoms with van der Waals surface area (Å²) in [5.41, 5.74) is 4.85. The number of anilines is 1. The van der Waals surface area contributed by atoms with Crippen molar-refractivity contribution < 1.29 is 20.1 Å². The van der Waals surface area contributed by atoms with E-state index in [9.17, 15) is 20.1 Å². The van der Waals surface area contributed by atoms with Crippen LogP contribution in [-0.2, 0) is 0 Å². The Kier molecular flexibility index (Phi) is 4.84. The second-order valence-electron chi connectivity index (χ2n) is 4.69. The molecule has 1 aromatic heterocycles. The number of amides is 1. The first-order valence-corrected chi connectivity index (χ1v) is 7.70. The number of nitrogen functional groups attached to an aromatic ring is 1. The molecule has 0 aliphatic rings. The summed E-state index contributed by atoms with van der Waals surface area (Å²) < 4.78 is 1.70. The summed E-state index contributed by atoms with van der Waals surface area (Å²) in [4.78, 5) is 12.6. The Morgan fingerprint density at radius 1 is 1.29 bits per heavy atom. The van der Waals surface area contributed by atoms with Crippen LogP contribution in [0.1, 0.15) is 9.67 Å². The van der Waals surface area contributed by atoms with Crippen LogP contribution in [0.15, 0.2) is 22.7 Å². The minimum absolute atomic E-state index is 0.280. The molecule has 0 atom stereocenters. The first kappa shape index (κ1) is 16.2. The fraction of sp³-hybridized carbons (Fsp3) is 0.308. The van der Waals surface area contributed by atoms with Gasteiger partial charge in [-0.25, -0.2) is 0 Å². The number of rotatable bonds is 5. The van der Waals surface area contributed by atoms with Gasteiger partial charge in [0.05, 0.1) is 25.5 Å². The van der Waals surface area contributed by atoms with E-state index < -0.39 is 31.3 Å². The molecule has 1 heterocycles. The molecule has 0 aliphatic heterocycles. The summed E-state index contributed by atoms with van der Waals surface area (Å²) >= 11 is 4.55. The number of aliphatic hydroxyl groups is 3. The summed E-state index contributed by atoms with van der Waals surface area (Å²) in [5, 5.41) is 30.9. The fourth-order valence-electron chi connectivity index (χ4n) is 1.82. The van der Waals surface area contributed by atoms with Crippen molar-refractivity contribution in [3.8, 4) is 0 Å². The smallest absolute Gasteiger partial charge is 0.264 e. The number of hydrogen-bond acceptors (Lipinski definition) is 6. The molecule has 2 aromatic rings. The normalized spacial score (nSPS) is 11.8. The van der Waals surface area contributed by atoms with Gasteiger partial charge in [0.1, 0.15) is 10.4 Å². The van der Waals surface area contributed by atoms with Crippen molar-refractivity contribution in [1.29, 1.82) is 0 Å². The molecule has 0 unspecified atom stereocenters. The van der Waals surface area contributed by atoms with E-state index in [1.165, 1.54) is 11.3 Å². The van der Waals surface area contributed by atoms with Crippen LogP contribution in [0.25, 0.3) is 10.1 Å². The van der Waals surface area contributed by atoms with Crippen LogP contribution in [0.3, 0.4) is 0 Å². The number of halogens is 1. The van der Waals surface area contributed by atoms with Gasteiger partial charge < -0.3 is 26.4 Å². The lowest BCUT2D eigenvalue weighted by Gasteiger charge is -2.28. The van der Waals surface area contributed by atoms with E-state index in [0.717, 1.165) is 14.6 Å². The molecule has 0 aliphatic carbocycles. The number of fused-ring (bicyclic) bond motifs is 1. The van der Waals surface area contributed by atoms with Crippen LogP contribution in [0, 0.1) is 0 Å². The van der Waals surface area contributed by atoms with Crippen molar-refractivity contribution in [2.24, 2.45) is 0 Å². The molecule has 1 amide bonds. The molecule has 2 rings (SSSR count). The number of nitrogens with two attached hydrogens (primary N) is 1. The van der Waals surface area contributed by atoms with Crippen molar-refractivity contribution in [2.75, 3.05) is 25.6 Å². The predicted molar refractivity (Wildman–Crippen MR) is 85.4 cm³/mol. The van der Waals surface area contributed by atoms with Gasteiger partial charge in [-0.05, 0) is 18.2 Å². The van der Waals surface area contributed by atoms with E-state index >= 15 is 0 Å². The number of aliphatic hydroxyl groups excluding tert-OH is 3. The Morgan fingerprint density at radius 2 is 1.90 bits per heavy atom. The zero-order valence-electron chi connectivity index (χ0n) is 11.0. The van der Waals surface area contributed by atoms with Gasteiger partial charge >= 0.3 is 0 Å². The molecule has 1 aromatic carbocycles. The van der Waals surface area contributed by atoms with Crippen molar-refractivity contribution in [2.45, 2.75) is 5.54 Å². The summed E-state index contributed by atoms with van der Waals surface area (Å²) in [6.45, 7) is -1.74. The standard InChI is InChI=1S/C13H15BrN2O4S/c14-7-1-2-9-8(3-7)10(15)11(21-9)12(20)16-13(4-17,5-18)6-19/h1-3,17-19H,4-6,15H2,(H,16,20). The number of benzene rings is 1. The monoisotopic (exact) mass is 374 g/mol. The Morgan fingerprint density at radius 3 is 2.48 bits per heavy atom. The lowest BCUT2D eigenvalue weighted by molar-refractivity contribution is 0.0377. The van der Waals surface area contributed by atoms with Gasteiger partial charge in [0, 0.05) is 14.6 Å². The highest BCUT2D eigenvalue weighted by Crippen LogP contribution is 2.35. The third kappa shape index (κ3) is 3.04. The number of carbonyl (C=O) groups excluding carboxylic acids is 1. The average Bonchev–Trinajstić information content (AvgIpc) is 2.82. The van der Waals surface area contributed by atoms with E-state index in [1.807, 2.05) is 18.2 Å². The maximum atomic E-state index is 12.3. The van der Waals surface area contributed by atoms with Crippen LogP contribution in [0.5, 0.6) is 0 Å². The fourth-order valence-corrected chi connectivity index (χ4v) is 3.18. The van der Waals surface area contributed by atoms with E-state index in [1.54, 1.807) is 0 Å². The van der Waals surface area contributed by atoms with Gasteiger partial charge in [0.2, 0.25) is 0 Å². The van der Waals surface area contributed by atoms with Crippen LogP contribution in [-0.4, -0.2) is 46.6 Å². The molecule has 21 heavy (non-hydrogen) atoms. The molecule has 0 radical (unpaired) electrons. The van der Waals surface area contributed by atoms with Gasteiger partial charge in [-0.2, -0.15) is 0 Å². The maximum absolute atomic E-state index is 12.3. The SMILES string of the molecule is Nc1c(C(=O)NC(CO)(CO)CO)sc2ccc(Br)cc12. The molecule has 114 valence electrons. The molecule has 0 spiro atoms. The van der Waals surface area contributed by atoms with Crippen molar-refractivity contribution >= 4 is 48.9 Å². The molecule has 0 saturated carbocycles. The highest BCUT2D eigenvalue weighted by Gasteiger charge is 2.31. The van der Waals surface area contributed by atoms with Gasteiger partial charge in [-0.1, -0.05) is 15.9 Å². The van der Waals surface area contributed by atoms with Crippen LogP contribution in [0.2, 0.25) is 0 Å². The third-order valence-electron chi connectivity index (χ3n) is 3.18. The average molecular weight is 375 g/mol. The molecule has 8 heteroatoms. The molecule has 0 fully saturated rings. The minimum atomic E-state index is -1.47. The molecular formula is C13H15BrN2O4S. The highest BCUT2D eigenvalue weighted by molar-refractivity contribution is 9.10. The molecular weight excluding hydrogens is 360 g/mol. The topological polar surface area (TPSA) is 116 Å². The minimum Gasteiger partial charge on any atom is -0.397 e. The maximum Gasteiger partial charge on any atom is 0.264 e. The van der Waals surface area contributed by atoms with E-state index in [4.69, 9.17) is 5.73 Å². The zero-order chi connectivity index (χ0) is 15.6. The van der Waals surface area contributed by atoms with Crippen molar-refractivity contribution in [3.63, 3.8) is 0 Å². The Balaban J connectivity index is 2.38. The van der Waals surface area contributed by atoms with E-state index in [2.05, 4.69) is 21.2 Å². The van der Waals surface area contributed by atoms with Gasteiger partial charge in [0.25, 0.3) is 5.91 Å². The number of nitrogens with one attached hydrogen (secondary N) is 1. The molecule has 6 N–H and O–H groups in total. The third-order valence-corrected chi connectivity index (χ3v) is 4.86. The Hall–Kier alpha value is -1.19. The van der Waals surface area contributed by atoms with Gasteiger partial charge in [-0.15, -0.1) is 11.3 Å². The predicted octanol–water partition coefficient (Wildman–Crippen LogP) is 0.691. The number of hydrogen-bond donors (Lipinski definition) is 5. The Bertz CT molecular complexity index is 661. The lowest BCUT2D eigenvalue weighted by Crippen LogP contribution is -2.56. The number of thiophene rings is 1. The second-order valence-corrected chi connectivity index (χ2v) is 6.66. The molecule has 6 nitrogen and oxygen atoms in total. The summed E-state index contributed by atoms with van der Waals surface area (Å²) in [6, 6.07) is 5.50. The summed E-state index contributed by atoms with van der Waals surface area (Å²) in [5.74, 6) is -0.540. The Labute approximate surface area is 133 Å². The summed E-state index contributed by atoms with van der Waals surface area (Å²) in [6.07, 6.45) is 0. The van der Waals surface area contributed by atoms with Crippen molar-refractivity contribution in [3.05, 3.63) is 27.5 Å². The van der Waals surface area contributed by atoms with Crippen LogP contribution in [0.4, 0.5) is 5.69 Å². The van der Waals surface area contributed by atoms with Gasteiger partial charge in [0.15, 0.2) is 0 Å². The largest absolute Gasteiger partial charge is 0.397 e.